The van der Waals surface area contributed by atoms with Crippen LogP contribution in [0.1, 0.15) is 24.0 Å². The highest BCUT2D eigenvalue weighted by Crippen LogP contribution is 2.19. The molecule has 0 aliphatic carbocycles. The summed E-state index contributed by atoms with van der Waals surface area (Å²) in [4.78, 5) is 7.01. The number of nitrogens with zero attached hydrogens (tertiary/aromatic N) is 3. The van der Waals surface area contributed by atoms with Crippen LogP contribution in [0.3, 0.4) is 0 Å². The van der Waals surface area contributed by atoms with E-state index in [4.69, 9.17) is 5.26 Å². The van der Waals surface area contributed by atoms with Crippen molar-refractivity contribution in [2.45, 2.75) is 19.4 Å². The van der Waals surface area contributed by atoms with Crippen LogP contribution in [0, 0.1) is 11.3 Å². The molecule has 0 N–H and O–H groups in total. The maximum Gasteiger partial charge on any atom is 0.0991 e. The van der Waals surface area contributed by atoms with E-state index in [-0.39, 0.29) is 0 Å². The Balaban J connectivity index is 1.73. The molecule has 0 amide bonds. The van der Waals surface area contributed by atoms with Crippen molar-refractivity contribution in [2.24, 2.45) is 0 Å². The number of nitriles is 1. The molecule has 1 saturated heterocycles. The molecule has 1 fully saturated rings. The summed E-state index contributed by atoms with van der Waals surface area (Å²) >= 11 is 0. The second kappa shape index (κ2) is 5.85. The lowest BCUT2D eigenvalue weighted by molar-refractivity contribution is 0.331. The highest BCUT2D eigenvalue weighted by atomic mass is 15.1. The number of likely N-dealkylation sites (tertiary alicyclic amines) is 1. The lowest BCUT2D eigenvalue weighted by Crippen LogP contribution is -2.18. The summed E-state index contributed by atoms with van der Waals surface area (Å²) in [6, 6.07) is 13.9. The first-order valence-electron chi connectivity index (χ1n) is 7.03. The molecule has 1 aliphatic heterocycles. The molecule has 100 valence electrons. The minimum absolute atomic E-state index is 0.680. The molecule has 3 rings (SSSR count). The first-order valence-corrected chi connectivity index (χ1v) is 7.03. The van der Waals surface area contributed by atoms with Gasteiger partial charge < -0.3 is 0 Å². The zero-order valence-electron chi connectivity index (χ0n) is 11.4. The van der Waals surface area contributed by atoms with E-state index >= 15 is 0 Å². The predicted octanol–water partition coefficient (Wildman–Crippen LogP) is 3.22. The molecule has 3 nitrogen and oxygen atoms in total. The molecule has 1 aromatic carbocycles. The van der Waals surface area contributed by atoms with Gasteiger partial charge in [-0.05, 0) is 49.7 Å². The van der Waals surface area contributed by atoms with Crippen molar-refractivity contribution >= 4 is 0 Å². The smallest absolute Gasteiger partial charge is 0.0991 e. The Labute approximate surface area is 119 Å². The Hall–Kier alpha value is -2.18. The fourth-order valence-electron chi connectivity index (χ4n) is 2.60. The number of hydrogen-bond donors (Lipinski definition) is 0. The summed E-state index contributed by atoms with van der Waals surface area (Å²) in [5.41, 5.74) is 3.96. The van der Waals surface area contributed by atoms with Crippen molar-refractivity contribution in [1.29, 1.82) is 5.26 Å². The number of hydrogen-bond acceptors (Lipinski definition) is 3. The van der Waals surface area contributed by atoms with E-state index in [1.165, 1.54) is 31.5 Å². The van der Waals surface area contributed by atoms with Crippen LogP contribution in [0.4, 0.5) is 0 Å². The monoisotopic (exact) mass is 263 g/mol. The van der Waals surface area contributed by atoms with Crippen molar-refractivity contribution < 1.29 is 0 Å². The third-order valence-corrected chi connectivity index (χ3v) is 3.74. The zero-order chi connectivity index (χ0) is 13.8. The van der Waals surface area contributed by atoms with Crippen LogP contribution >= 0.6 is 0 Å². The van der Waals surface area contributed by atoms with Gasteiger partial charge in [0, 0.05) is 18.3 Å². The van der Waals surface area contributed by atoms with E-state index in [0.717, 1.165) is 17.8 Å². The maximum atomic E-state index is 8.80. The van der Waals surface area contributed by atoms with Crippen molar-refractivity contribution in [1.82, 2.24) is 9.88 Å². The second-order valence-electron chi connectivity index (χ2n) is 5.22. The minimum atomic E-state index is 0.680. The highest BCUT2D eigenvalue weighted by molar-refractivity contribution is 5.60. The summed E-state index contributed by atoms with van der Waals surface area (Å²) in [6.45, 7) is 3.41. The molecule has 0 spiro atoms. The Morgan fingerprint density at radius 1 is 1.05 bits per heavy atom. The molecule has 20 heavy (non-hydrogen) atoms. The average Bonchev–Trinajstić information content (AvgIpc) is 3.01. The number of rotatable bonds is 3. The van der Waals surface area contributed by atoms with Gasteiger partial charge in [-0.2, -0.15) is 5.26 Å². The molecule has 0 radical (unpaired) electrons. The summed E-state index contributed by atoms with van der Waals surface area (Å²) in [5, 5.41) is 8.80. The lowest BCUT2D eigenvalue weighted by Gasteiger charge is -2.14. The van der Waals surface area contributed by atoms with Crippen LogP contribution in [0.15, 0.2) is 42.6 Å². The molecular formula is C17H17N3. The Kier molecular flexibility index (Phi) is 3.76. The van der Waals surface area contributed by atoms with E-state index in [1.54, 1.807) is 0 Å². The van der Waals surface area contributed by atoms with Crippen molar-refractivity contribution in [3.63, 3.8) is 0 Å². The molecule has 2 aromatic rings. The largest absolute Gasteiger partial charge is 0.299 e. The third-order valence-electron chi connectivity index (χ3n) is 3.74. The van der Waals surface area contributed by atoms with Gasteiger partial charge in [-0.3, -0.25) is 9.88 Å². The van der Waals surface area contributed by atoms with Crippen LogP contribution in [-0.4, -0.2) is 23.0 Å². The Morgan fingerprint density at radius 2 is 1.80 bits per heavy atom. The van der Waals surface area contributed by atoms with Crippen molar-refractivity contribution in [3.8, 4) is 17.3 Å². The van der Waals surface area contributed by atoms with Crippen molar-refractivity contribution in [3.05, 3.63) is 53.7 Å². The summed E-state index contributed by atoms with van der Waals surface area (Å²) < 4.78 is 0. The summed E-state index contributed by atoms with van der Waals surface area (Å²) in [7, 11) is 0. The van der Waals surface area contributed by atoms with E-state index in [2.05, 4.69) is 28.1 Å². The first kappa shape index (κ1) is 12.8. The summed E-state index contributed by atoms with van der Waals surface area (Å²) in [5.74, 6) is 0. The van der Waals surface area contributed by atoms with Crippen LogP contribution in [0.25, 0.3) is 11.3 Å². The fraction of sp³-hybridized carbons (Fsp3) is 0.294. The SMILES string of the molecule is N#Cc1ccc(-c2ccc(CN3CCCC3)cn2)cc1. The molecule has 2 heterocycles. The molecule has 0 unspecified atom stereocenters. The van der Waals surface area contributed by atoms with Gasteiger partial charge in [0.05, 0.1) is 17.3 Å². The van der Waals surface area contributed by atoms with Gasteiger partial charge in [-0.1, -0.05) is 18.2 Å². The number of benzene rings is 1. The van der Waals surface area contributed by atoms with Gasteiger partial charge in [-0.15, -0.1) is 0 Å². The average molecular weight is 263 g/mol. The minimum Gasteiger partial charge on any atom is -0.299 e. The lowest BCUT2D eigenvalue weighted by atomic mass is 10.1. The normalized spacial score (nSPS) is 15.2. The third kappa shape index (κ3) is 2.87. The topological polar surface area (TPSA) is 39.9 Å². The van der Waals surface area contributed by atoms with Crippen molar-refractivity contribution in [2.75, 3.05) is 13.1 Å². The zero-order valence-corrected chi connectivity index (χ0v) is 11.4. The van der Waals surface area contributed by atoms with Crippen LogP contribution in [-0.2, 0) is 6.54 Å². The van der Waals surface area contributed by atoms with E-state index < -0.39 is 0 Å². The van der Waals surface area contributed by atoms with E-state index in [0.29, 0.717) is 5.56 Å². The number of pyridine rings is 1. The van der Waals surface area contributed by atoms with E-state index in [1.807, 2.05) is 30.5 Å². The Morgan fingerprint density at radius 3 is 2.40 bits per heavy atom. The van der Waals surface area contributed by atoms with Gasteiger partial charge in [0.15, 0.2) is 0 Å². The molecule has 0 saturated carbocycles. The van der Waals surface area contributed by atoms with Gasteiger partial charge in [0.1, 0.15) is 0 Å². The molecular weight excluding hydrogens is 246 g/mol. The maximum absolute atomic E-state index is 8.80. The fourth-order valence-corrected chi connectivity index (χ4v) is 2.60. The van der Waals surface area contributed by atoms with E-state index in [9.17, 15) is 0 Å². The van der Waals surface area contributed by atoms with Gasteiger partial charge in [0.2, 0.25) is 0 Å². The second-order valence-corrected chi connectivity index (χ2v) is 5.22. The van der Waals surface area contributed by atoms with Crippen LogP contribution in [0.5, 0.6) is 0 Å². The predicted molar refractivity (Wildman–Crippen MR) is 78.9 cm³/mol. The van der Waals surface area contributed by atoms with Gasteiger partial charge in [0.25, 0.3) is 0 Å². The highest BCUT2D eigenvalue weighted by Gasteiger charge is 2.11. The van der Waals surface area contributed by atoms with Gasteiger partial charge >= 0.3 is 0 Å². The molecule has 0 bridgehead atoms. The van der Waals surface area contributed by atoms with Crippen LogP contribution in [0.2, 0.25) is 0 Å². The molecule has 3 heteroatoms. The summed E-state index contributed by atoms with van der Waals surface area (Å²) in [6.07, 6.45) is 4.60. The number of aromatic nitrogens is 1. The molecule has 1 aromatic heterocycles. The van der Waals surface area contributed by atoms with Crippen LogP contribution < -0.4 is 0 Å². The first-order chi connectivity index (χ1) is 9.85. The van der Waals surface area contributed by atoms with Gasteiger partial charge in [-0.25, -0.2) is 0 Å². The standard InChI is InChI=1S/C17H17N3/c18-11-14-3-6-16(7-4-14)17-8-5-15(12-19-17)13-20-9-1-2-10-20/h3-8,12H,1-2,9-10,13H2. The molecule has 0 atom stereocenters. The molecule has 1 aliphatic rings. The quantitative estimate of drug-likeness (QED) is 0.853. The Bertz CT molecular complexity index is 602.